The number of aromatic nitrogens is 3. The number of piperidine rings is 1. The first-order valence-electron chi connectivity index (χ1n) is 9.23. The molecule has 1 saturated heterocycles. The van der Waals surface area contributed by atoms with Gasteiger partial charge in [-0.2, -0.15) is 0 Å². The number of nitrogens with zero attached hydrogens (tertiary/aromatic N) is 4. The van der Waals surface area contributed by atoms with Gasteiger partial charge in [0.25, 0.3) is 0 Å². The molecule has 0 bridgehead atoms. The Morgan fingerprint density at radius 1 is 1.15 bits per heavy atom. The van der Waals surface area contributed by atoms with Gasteiger partial charge in [0.2, 0.25) is 0 Å². The highest BCUT2D eigenvalue weighted by Crippen LogP contribution is 2.50. The quantitative estimate of drug-likeness (QED) is 0.803. The Morgan fingerprint density at radius 2 is 1.93 bits per heavy atom. The lowest BCUT2D eigenvalue weighted by atomic mass is 9.76. The molecule has 0 unspecified atom stereocenters. The summed E-state index contributed by atoms with van der Waals surface area (Å²) in [5.41, 5.74) is 5.57. The van der Waals surface area contributed by atoms with Crippen LogP contribution >= 0.6 is 23.4 Å². The lowest BCUT2D eigenvalue weighted by molar-refractivity contribution is 0.0480. The van der Waals surface area contributed by atoms with Gasteiger partial charge in [0.05, 0.1) is 23.0 Å². The molecule has 1 spiro atoms. The summed E-state index contributed by atoms with van der Waals surface area (Å²) in [7, 11) is 0. The highest BCUT2D eigenvalue weighted by atomic mass is 35.5. The third kappa shape index (κ3) is 4.00. The van der Waals surface area contributed by atoms with Crippen molar-refractivity contribution in [3.05, 3.63) is 29.7 Å². The molecule has 144 valence electrons. The van der Waals surface area contributed by atoms with E-state index in [-0.39, 0.29) is 0 Å². The molecule has 4 rings (SSSR count). The van der Waals surface area contributed by atoms with Gasteiger partial charge in [-0.1, -0.05) is 23.4 Å². The molecule has 1 aliphatic heterocycles. The molecule has 0 radical (unpaired) electrons. The van der Waals surface area contributed by atoms with Gasteiger partial charge in [-0.15, -0.1) is 0 Å². The molecule has 8 heteroatoms. The second-order valence-electron chi connectivity index (χ2n) is 7.98. The number of pyridine rings is 1. The fourth-order valence-electron chi connectivity index (χ4n) is 4.31. The van der Waals surface area contributed by atoms with Gasteiger partial charge in [0.15, 0.2) is 0 Å². The Kier molecular flexibility index (Phi) is 4.94. The van der Waals surface area contributed by atoms with Crippen molar-refractivity contribution in [1.82, 2.24) is 15.0 Å². The Morgan fingerprint density at radius 3 is 2.56 bits per heavy atom. The van der Waals surface area contributed by atoms with Crippen LogP contribution in [0.2, 0.25) is 5.02 Å². The van der Waals surface area contributed by atoms with Crippen LogP contribution in [-0.4, -0.2) is 38.7 Å². The summed E-state index contributed by atoms with van der Waals surface area (Å²) in [6, 6.07) is 1.82. The van der Waals surface area contributed by atoms with Crippen molar-refractivity contribution in [1.29, 1.82) is 0 Å². The molecular formula is C19H24ClN5OS. The molecular weight excluding hydrogens is 382 g/mol. The van der Waals surface area contributed by atoms with E-state index >= 15 is 0 Å². The van der Waals surface area contributed by atoms with E-state index in [9.17, 15) is 5.11 Å². The first kappa shape index (κ1) is 18.8. The Hall–Kier alpha value is -1.57. The molecule has 3 heterocycles. The van der Waals surface area contributed by atoms with Gasteiger partial charge in [-0.25, -0.2) is 15.0 Å². The molecule has 0 aromatic carbocycles. The van der Waals surface area contributed by atoms with Gasteiger partial charge in [0.1, 0.15) is 16.7 Å². The maximum absolute atomic E-state index is 10.3. The minimum atomic E-state index is -0.488. The number of rotatable bonds is 3. The second kappa shape index (κ2) is 7.11. The summed E-state index contributed by atoms with van der Waals surface area (Å²) < 4.78 is 0. The number of anilines is 2. The van der Waals surface area contributed by atoms with Crippen molar-refractivity contribution in [2.45, 2.75) is 54.6 Å². The Balaban J connectivity index is 1.39. The number of hydrogen-bond donors (Lipinski definition) is 2. The van der Waals surface area contributed by atoms with Gasteiger partial charge < -0.3 is 15.7 Å². The molecule has 2 aromatic heterocycles. The summed E-state index contributed by atoms with van der Waals surface area (Å²) in [5, 5.41) is 11.5. The number of nitrogens with two attached hydrogens (primary N) is 1. The van der Waals surface area contributed by atoms with Crippen LogP contribution in [0, 0.1) is 5.41 Å². The molecule has 27 heavy (non-hydrogen) atoms. The smallest absolute Gasteiger partial charge is 0.147 e. The molecule has 0 amide bonds. The minimum Gasteiger partial charge on any atom is -0.390 e. The standard InChI is InChI=1S/C19H24ClN5OS/c1-18(26)3-4-19(12-18)5-8-25(9-6-19)14-10-24-15(11-23-14)27-13-2-7-22-17(21)16(13)20/h2,7,10-11,26H,3-6,8-9,12H2,1H3,(H2,21,22)/t18-/m1/s1. The molecule has 1 aliphatic carbocycles. The highest BCUT2D eigenvalue weighted by molar-refractivity contribution is 7.99. The lowest BCUT2D eigenvalue weighted by Crippen LogP contribution is -2.40. The second-order valence-corrected chi connectivity index (χ2v) is 9.42. The van der Waals surface area contributed by atoms with E-state index in [1.165, 1.54) is 11.8 Å². The number of aliphatic hydroxyl groups is 1. The predicted octanol–water partition coefficient (Wildman–Crippen LogP) is 3.78. The van der Waals surface area contributed by atoms with E-state index in [1.54, 1.807) is 12.4 Å². The van der Waals surface area contributed by atoms with E-state index in [0.29, 0.717) is 16.3 Å². The summed E-state index contributed by atoms with van der Waals surface area (Å²) in [6.45, 7) is 3.90. The zero-order valence-corrected chi connectivity index (χ0v) is 16.9. The van der Waals surface area contributed by atoms with Crippen molar-refractivity contribution >= 4 is 35.0 Å². The van der Waals surface area contributed by atoms with Crippen molar-refractivity contribution in [3.63, 3.8) is 0 Å². The average molecular weight is 406 g/mol. The summed E-state index contributed by atoms with van der Waals surface area (Å²) in [6.07, 6.45) is 10.4. The number of hydrogen-bond acceptors (Lipinski definition) is 7. The third-order valence-corrected chi connectivity index (χ3v) is 7.30. The van der Waals surface area contributed by atoms with Gasteiger partial charge >= 0.3 is 0 Å². The fraction of sp³-hybridized carbons (Fsp3) is 0.526. The van der Waals surface area contributed by atoms with Crippen LogP contribution in [0.3, 0.4) is 0 Å². The van der Waals surface area contributed by atoms with Crippen LogP contribution in [0.15, 0.2) is 34.6 Å². The predicted molar refractivity (Wildman–Crippen MR) is 108 cm³/mol. The van der Waals surface area contributed by atoms with E-state index < -0.39 is 5.60 Å². The van der Waals surface area contributed by atoms with E-state index in [0.717, 1.165) is 60.9 Å². The van der Waals surface area contributed by atoms with Crippen LogP contribution in [0.1, 0.15) is 39.0 Å². The zero-order chi connectivity index (χ0) is 19.1. The Labute approximate surface area is 168 Å². The largest absolute Gasteiger partial charge is 0.390 e. The van der Waals surface area contributed by atoms with Crippen molar-refractivity contribution < 1.29 is 5.11 Å². The number of nitrogen functional groups attached to an aromatic ring is 1. The SMILES string of the molecule is C[C@@]1(O)CCC2(CCN(c3cnc(Sc4ccnc(N)c4Cl)cn3)CC2)C1. The van der Waals surface area contributed by atoms with Crippen molar-refractivity contribution in [2.24, 2.45) is 5.41 Å². The molecule has 2 fully saturated rings. The van der Waals surface area contributed by atoms with Gasteiger partial charge in [-0.3, -0.25) is 0 Å². The van der Waals surface area contributed by atoms with Crippen LogP contribution in [0.4, 0.5) is 11.6 Å². The van der Waals surface area contributed by atoms with Crippen molar-refractivity contribution in [3.8, 4) is 0 Å². The monoisotopic (exact) mass is 405 g/mol. The van der Waals surface area contributed by atoms with Crippen LogP contribution < -0.4 is 10.6 Å². The Bertz CT molecular complexity index is 821. The normalized spacial score (nSPS) is 24.5. The third-order valence-electron chi connectivity index (χ3n) is 5.81. The fourth-order valence-corrected chi connectivity index (χ4v) is 5.30. The van der Waals surface area contributed by atoms with Crippen molar-refractivity contribution in [2.75, 3.05) is 23.7 Å². The zero-order valence-electron chi connectivity index (χ0n) is 15.4. The van der Waals surface area contributed by atoms with E-state index in [2.05, 4.69) is 19.9 Å². The molecule has 6 nitrogen and oxygen atoms in total. The minimum absolute atomic E-state index is 0.307. The molecule has 1 saturated carbocycles. The lowest BCUT2D eigenvalue weighted by Gasteiger charge is -2.40. The van der Waals surface area contributed by atoms with Crippen LogP contribution in [0.25, 0.3) is 0 Å². The maximum Gasteiger partial charge on any atom is 0.147 e. The topological polar surface area (TPSA) is 88.2 Å². The maximum atomic E-state index is 10.3. The van der Waals surface area contributed by atoms with Crippen LogP contribution in [-0.2, 0) is 0 Å². The summed E-state index contributed by atoms with van der Waals surface area (Å²) in [5.74, 6) is 1.22. The molecule has 2 aliphatic rings. The van der Waals surface area contributed by atoms with Gasteiger partial charge in [0, 0.05) is 24.2 Å². The highest BCUT2D eigenvalue weighted by Gasteiger charge is 2.46. The molecule has 2 aromatic rings. The first-order valence-corrected chi connectivity index (χ1v) is 10.4. The summed E-state index contributed by atoms with van der Waals surface area (Å²) >= 11 is 7.62. The first-order chi connectivity index (χ1) is 12.9. The molecule has 1 atom stereocenters. The van der Waals surface area contributed by atoms with Gasteiger partial charge in [-0.05, 0) is 50.5 Å². The summed E-state index contributed by atoms with van der Waals surface area (Å²) in [4.78, 5) is 16.2. The van der Waals surface area contributed by atoms with E-state index in [1.807, 2.05) is 19.2 Å². The average Bonchev–Trinajstić information content (AvgIpc) is 2.95. The number of halogens is 1. The van der Waals surface area contributed by atoms with Crippen LogP contribution in [0.5, 0.6) is 0 Å². The van der Waals surface area contributed by atoms with E-state index in [4.69, 9.17) is 17.3 Å². The molecule has 3 N–H and O–H groups in total.